The van der Waals surface area contributed by atoms with E-state index in [1.807, 2.05) is 20.8 Å². The topological polar surface area (TPSA) is 24.9 Å². The van der Waals surface area contributed by atoms with Crippen LogP contribution in [0.5, 0.6) is 0 Å². The number of nitrogens with zero attached hydrogens (tertiary/aromatic N) is 1. The van der Waals surface area contributed by atoms with Crippen molar-refractivity contribution < 1.29 is 8.78 Å². The van der Waals surface area contributed by atoms with Crippen molar-refractivity contribution in [2.24, 2.45) is 0 Å². The van der Waals surface area contributed by atoms with E-state index in [1.165, 1.54) is 0 Å². The summed E-state index contributed by atoms with van der Waals surface area (Å²) in [6, 6.07) is 2.64. The predicted octanol–water partition coefficient (Wildman–Crippen LogP) is 4.83. The number of hydrogen-bond acceptors (Lipinski definition) is 2. The quantitative estimate of drug-likeness (QED) is 0.816. The molecule has 5 heteroatoms. The first kappa shape index (κ1) is 14.2. The maximum absolute atomic E-state index is 13.8. The molecule has 19 heavy (non-hydrogen) atoms. The summed E-state index contributed by atoms with van der Waals surface area (Å²) in [6.07, 6.45) is 0. The Kier molecular flexibility index (Phi) is 4.04. The highest BCUT2D eigenvalue weighted by Gasteiger charge is 2.16. The van der Waals surface area contributed by atoms with E-state index < -0.39 is 11.6 Å². The fraction of sp³-hybridized carbons (Fsp3) is 0.357. The Bertz CT molecular complexity index is 627. The molecular weight excluding hydrogens is 314 g/mol. The van der Waals surface area contributed by atoms with Gasteiger partial charge >= 0.3 is 0 Å². The zero-order chi connectivity index (χ0) is 14.2. The normalized spacial score (nSPS) is 11.3. The lowest BCUT2D eigenvalue weighted by Crippen LogP contribution is -2.06. The first-order valence-electron chi connectivity index (χ1n) is 6.17. The number of hydrogen-bond donors (Lipinski definition) is 1. The molecule has 1 heterocycles. The molecule has 0 aliphatic rings. The van der Waals surface area contributed by atoms with Crippen molar-refractivity contribution in [1.82, 2.24) is 4.98 Å². The van der Waals surface area contributed by atoms with Crippen molar-refractivity contribution >= 4 is 32.7 Å². The smallest absolute Gasteiger partial charge is 0.152 e. The zero-order valence-electron chi connectivity index (χ0n) is 11.0. The molecule has 102 valence electrons. The lowest BCUT2D eigenvalue weighted by atomic mass is 10.0. The molecule has 1 aromatic carbocycles. The van der Waals surface area contributed by atoms with Crippen LogP contribution in [0.4, 0.5) is 14.6 Å². The molecule has 0 aliphatic heterocycles. The van der Waals surface area contributed by atoms with Gasteiger partial charge in [-0.15, -0.1) is 0 Å². The fourth-order valence-corrected chi connectivity index (χ4v) is 2.42. The highest BCUT2D eigenvalue weighted by atomic mass is 79.9. The Labute approximate surface area is 119 Å². The van der Waals surface area contributed by atoms with Gasteiger partial charge in [-0.25, -0.2) is 13.8 Å². The highest BCUT2D eigenvalue weighted by molar-refractivity contribution is 9.10. The fourth-order valence-electron chi connectivity index (χ4n) is 2.00. The highest BCUT2D eigenvalue weighted by Crippen LogP contribution is 2.33. The second-order valence-corrected chi connectivity index (χ2v) is 5.45. The molecule has 0 bridgehead atoms. The molecule has 0 amide bonds. The Morgan fingerprint density at radius 1 is 1.26 bits per heavy atom. The largest absolute Gasteiger partial charge is 0.370 e. The number of nitrogens with one attached hydrogen (secondary N) is 1. The van der Waals surface area contributed by atoms with Crippen LogP contribution in [0.3, 0.4) is 0 Å². The molecule has 0 aliphatic carbocycles. The summed E-state index contributed by atoms with van der Waals surface area (Å²) in [7, 11) is 0. The summed E-state index contributed by atoms with van der Waals surface area (Å²) >= 11 is 3.16. The van der Waals surface area contributed by atoms with Crippen LogP contribution in [0.25, 0.3) is 10.9 Å². The molecule has 0 radical (unpaired) electrons. The minimum Gasteiger partial charge on any atom is -0.370 e. The second-order valence-electron chi connectivity index (χ2n) is 4.66. The molecule has 0 spiro atoms. The molecule has 0 fully saturated rings. The van der Waals surface area contributed by atoms with Gasteiger partial charge in [-0.2, -0.15) is 0 Å². The van der Waals surface area contributed by atoms with Crippen molar-refractivity contribution in [2.75, 3.05) is 11.9 Å². The van der Waals surface area contributed by atoms with Crippen LogP contribution in [0.1, 0.15) is 32.3 Å². The summed E-state index contributed by atoms with van der Waals surface area (Å²) in [6.45, 7) is 6.69. The lowest BCUT2D eigenvalue weighted by Gasteiger charge is -2.15. The maximum atomic E-state index is 13.8. The Morgan fingerprint density at radius 3 is 2.53 bits per heavy atom. The van der Waals surface area contributed by atoms with Gasteiger partial charge in [0.25, 0.3) is 0 Å². The first-order chi connectivity index (χ1) is 8.95. The van der Waals surface area contributed by atoms with Gasteiger partial charge in [0.1, 0.15) is 17.2 Å². The molecular formula is C14H15BrF2N2. The molecule has 2 aromatic rings. The average Bonchev–Trinajstić information content (AvgIpc) is 2.35. The third-order valence-electron chi connectivity index (χ3n) is 2.94. The summed E-state index contributed by atoms with van der Waals surface area (Å²) in [5.41, 5.74) is 1.12. The van der Waals surface area contributed by atoms with Crippen LogP contribution < -0.4 is 5.32 Å². The molecule has 0 unspecified atom stereocenters. The Hall–Kier alpha value is -1.23. The van der Waals surface area contributed by atoms with E-state index >= 15 is 0 Å². The van der Waals surface area contributed by atoms with Gasteiger partial charge < -0.3 is 5.32 Å². The number of benzene rings is 1. The van der Waals surface area contributed by atoms with E-state index in [9.17, 15) is 8.78 Å². The molecule has 0 saturated carbocycles. The number of halogens is 3. The van der Waals surface area contributed by atoms with Gasteiger partial charge in [0.05, 0.1) is 4.47 Å². The summed E-state index contributed by atoms with van der Waals surface area (Å²) in [5, 5.41) is 3.59. The number of rotatable bonds is 3. The van der Waals surface area contributed by atoms with E-state index in [0.717, 1.165) is 11.6 Å². The van der Waals surface area contributed by atoms with Crippen molar-refractivity contribution in [1.29, 1.82) is 0 Å². The summed E-state index contributed by atoms with van der Waals surface area (Å²) < 4.78 is 27.6. The van der Waals surface area contributed by atoms with Gasteiger partial charge in [-0.1, -0.05) is 13.8 Å². The van der Waals surface area contributed by atoms with E-state index in [4.69, 9.17) is 0 Å². The molecule has 0 saturated heterocycles. The number of pyridine rings is 1. The number of fused-ring (bicyclic) bond motifs is 1. The van der Waals surface area contributed by atoms with Crippen molar-refractivity contribution in [2.45, 2.75) is 26.7 Å². The van der Waals surface area contributed by atoms with Gasteiger partial charge in [-0.3, -0.25) is 0 Å². The van der Waals surface area contributed by atoms with Crippen LogP contribution in [0.15, 0.2) is 16.6 Å². The third kappa shape index (κ3) is 2.56. The van der Waals surface area contributed by atoms with Crippen LogP contribution in [-0.2, 0) is 0 Å². The monoisotopic (exact) mass is 328 g/mol. The van der Waals surface area contributed by atoms with Crippen LogP contribution in [0.2, 0.25) is 0 Å². The van der Waals surface area contributed by atoms with Crippen molar-refractivity contribution in [3.63, 3.8) is 0 Å². The van der Waals surface area contributed by atoms with Crippen LogP contribution >= 0.6 is 15.9 Å². The SMILES string of the molecule is CCNc1nc2c(F)cc(F)c(Br)c2cc1C(C)C. The van der Waals surface area contributed by atoms with Gasteiger partial charge in [0.15, 0.2) is 5.82 Å². The molecule has 1 N–H and O–H groups in total. The number of aromatic nitrogens is 1. The summed E-state index contributed by atoms with van der Waals surface area (Å²) in [5.74, 6) is -0.394. The summed E-state index contributed by atoms with van der Waals surface area (Å²) in [4.78, 5) is 4.30. The third-order valence-corrected chi connectivity index (χ3v) is 3.75. The first-order valence-corrected chi connectivity index (χ1v) is 6.97. The van der Waals surface area contributed by atoms with Crippen LogP contribution in [0, 0.1) is 11.6 Å². The lowest BCUT2D eigenvalue weighted by molar-refractivity contribution is 0.586. The molecule has 2 nitrogen and oxygen atoms in total. The minimum absolute atomic E-state index is 0.175. The standard InChI is InChI=1S/C14H15BrF2N2/c1-4-18-14-8(7(2)3)5-9-12(15)10(16)6-11(17)13(9)19-14/h5-7H,4H2,1-3H3,(H,18,19). The second kappa shape index (κ2) is 5.41. The Morgan fingerprint density at radius 2 is 1.95 bits per heavy atom. The number of anilines is 1. The van der Waals surface area contributed by atoms with Crippen molar-refractivity contribution in [3.8, 4) is 0 Å². The average molecular weight is 329 g/mol. The van der Waals surface area contributed by atoms with E-state index in [1.54, 1.807) is 6.07 Å². The van der Waals surface area contributed by atoms with E-state index in [2.05, 4.69) is 26.2 Å². The van der Waals surface area contributed by atoms with E-state index in [0.29, 0.717) is 17.7 Å². The van der Waals surface area contributed by atoms with Crippen LogP contribution in [-0.4, -0.2) is 11.5 Å². The Balaban J connectivity index is 2.81. The van der Waals surface area contributed by atoms with E-state index in [-0.39, 0.29) is 15.9 Å². The van der Waals surface area contributed by atoms with Gasteiger partial charge in [-0.05, 0) is 40.4 Å². The zero-order valence-corrected chi connectivity index (χ0v) is 12.6. The maximum Gasteiger partial charge on any atom is 0.152 e. The van der Waals surface area contributed by atoms with Crippen molar-refractivity contribution in [3.05, 3.63) is 33.8 Å². The molecule has 0 atom stereocenters. The minimum atomic E-state index is -0.648. The molecule has 1 aromatic heterocycles. The molecule has 2 rings (SSSR count). The predicted molar refractivity (Wildman–Crippen MR) is 77.6 cm³/mol. The van der Waals surface area contributed by atoms with Gasteiger partial charge in [0.2, 0.25) is 0 Å². The van der Waals surface area contributed by atoms with Gasteiger partial charge in [0, 0.05) is 18.0 Å².